The summed E-state index contributed by atoms with van der Waals surface area (Å²) in [7, 11) is 0. The van der Waals surface area contributed by atoms with Crippen LogP contribution >= 0.6 is 0 Å². The molecule has 76 valence electrons. The average molecular weight is 208 g/mol. The molecule has 0 aliphatic heterocycles. The van der Waals surface area contributed by atoms with E-state index in [1.54, 1.807) is 24.3 Å². The molecule has 2 nitrogen and oxygen atoms in total. The summed E-state index contributed by atoms with van der Waals surface area (Å²) in [5.74, 6) is 2.16. The summed E-state index contributed by atoms with van der Waals surface area (Å²) in [6.45, 7) is 0. The van der Waals surface area contributed by atoms with Crippen molar-refractivity contribution in [1.29, 1.82) is 0 Å². The Kier molecular flexibility index (Phi) is 2.53. The molecule has 1 aliphatic carbocycles. The zero-order chi connectivity index (χ0) is 11.5. The van der Waals surface area contributed by atoms with Crippen molar-refractivity contribution < 1.29 is 9.59 Å². The maximum absolute atomic E-state index is 11.5. The summed E-state index contributed by atoms with van der Waals surface area (Å²) in [5, 5.41) is 0. The first-order valence-corrected chi connectivity index (χ1v) is 4.76. The molecule has 0 saturated heterocycles. The molecule has 0 fully saturated rings. The third-order valence-electron chi connectivity index (χ3n) is 2.31. The second-order valence-electron chi connectivity index (χ2n) is 3.38. The molecular weight excluding hydrogens is 200 g/mol. The Balaban J connectivity index is 2.41. The number of terminal acetylenes is 1. The van der Waals surface area contributed by atoms with Crippen LogP contribution in [-0.4, -0.2) is 11.6 Å². The lowest BCUT2D eigenvalue weighted by molar-refractivity contribution is -0.113. The predicted octanol–water partition coefficient (Wildman–Crippen LogP) is 1.76. The molecule has 0 spiro atoms. The monoisotopic (exact) mass is 208 g/mol. The first kappa shape index (κ1) is 10.1. The zero-order valence-corrected chi connectivity index (χ0v) is 8.44. The second-order valence-corrected chi connectivity index (χ2v) is 3.38. The van der Waals surface area contributed by atoms with Crippen LogP contribution in [0, 0.1) is 12.3 Å². The third-order valence-corrected chi connectivity index (χ3v) is 2.31. The summed E-state index contributed by atoms with van der Waals surface area (Å²) in [4.78, 5) is 22.7. The quantitative estimate of drug-likeness (QED) is 0.520. The molecule has 0 aromatic heterocycles. The van der Waals surface area contributed by atoms with E-state index in [9.17, 15) is 9.59 Å². The standard InChI is InChI=1S/C14H8O2/c1-2-10-3-5-11(6-4-10)13-9-12(15)7-8-14(13)16/h1,3-9H. The van der Waals surface area contributed by atoms with E-state index in [0.29, 0.717) is 11.1 Å². The molecule has 0 radical (unpaired) electrons. The van der Waals surface area contributed by atoms with E-state index in [-0.39, 0.29) is 11.6 Å². The first-order chi connectivity index (χ1) is 7.70. The van der Waals surface area contributed by atoms with Crippen molar-refractivity contribution in [2.75, 3.05) is 0 Å². The Labute approximate surface area is 93.3 Å². The second kappa shape index (κ2) is 4.00. The van der Waals surface area contributed by atoms with Crippen LogP contribution < -0.4 is 0 Å². The SMILES string of the molecule is C#Cc1ccc(C2=CC(=O)C=CC2=O)cc1. The summed E-state index contributed by atoms with van der Waals surface area (Å²) < 4.78 is 0. The van der Waals surface area contributed by atoms with E-state index < -0.39 is 0 Å². The van der Waals surface area contributed by atoms with Crippen molar-refractivity contribution in [3.8, 4) is 12.3 Å². The Hall–Kier alpha value is -2.40. The van der Waals surface area contributed by atoms with Crippen molar-refractivity contribution in [2.45, 2.75) is 0 Å². The molecule has 0 atom stereocenters. The molecule has 1 aromatic rings. The van der Waals surface area contributed by atoms with Crippen LogP contribution in [0.2, 0.25) is 0 Å². The van der Waals surface area contributed by atoms with Gasteiger partial charge in [0.1, 0.15) is 0 Å². The summed E-state index contributed by atoms with van der Waals surface area (Å²) in [6.07, 6.45) is 9.12. The minimum Gasteiger partial charge on any atom is -0.290 e. The van der Waals surface area contributed by atoms with Gasteiger partial charge in [0, 0.05) is 11.1 Å². The molecule has 0 heterocycles. The molecule has 0 saturated carbocycles. The maximum atomic E-state index is 11.5. The van der Waals surface area contributed by atoms with Crippen molar-refractivity contribution in [3.63, 3.8) is 0 Å². The Morgan fingerprint density at radius 3 is 2.31 bits per heavy atom. The molecule has 1 aromatic carbocycles. The molecule has 0 bridgehead atoms. The van der Waals surface area contributed by atoms with Crippen LogP contribution in [0.1, 0.15) is 11.1 Å². The largest absolute Gasteiger partial charge is 0.290 e. The Morgan fingerprint density at radius 2 is 1.69 bits per heavy atom. The van der Waals surface area contributed by atoms with Crippen molar-refractivity contribution in [2.24, 2.45) is 0 Å². The Morgan fingerprint density at radius 1 is 1.00 bits per heavy atom. The van der Waals surface area contributed by atoms with Crippen LogP contribution in [-0.2, 0) is 9.59 Å². The van der Waals surface area contributed by atoms with E-state index in [4.69, 9.17) is 6.42 Å². The van der Waals surface area contributed by atoms with Crippen LogP contribution in [0.15, 0.2) is 42.5 Å². The lowest BCUT2D eigenvalue weighted by atomic mass is 9.96. The fraction of sp³-hybridized carbons (Fsp3) is 0. The van der Waals surface area contributed by atoms with Gasteiger partial charge in [-0.1, -0.05) is 18.1 Å². The number of rotatable bonds is 1. The van der Waals surface area contributed by atoms with Gasteiger partial charge in [0.05, 0.1) is 0 Å². The predicted molar refractivity (Wildman–Crippen MR) is 61.5 cm³/mol. The number of ketones is 2. The fourth-order valence-corrected chi connectivity index (χ4v) is 1.48. The van der Waals surface area contributed by atoms with Crippen molar-refractivity contribution >= 4 is 17.1 Å². The highest BCUT2D eigenvalue weighted by molar-refractivity contribution is 6.33. The smallest absolute Gasteiger partial charge is 0.186 e. The van der Waals surface area contributed by atoms with Crippen LogP contribution in [0.25, 0.3) is 5.57 Å². The molecule has 0 unspecified atom stereocenters. The topological polar surface area (TPSA) is 34.1 Å². The van der Waals surface area contributed by atoms with Crippen LogP contribution in [0.5, 0.6) is 0 Å². The van der Waals surface area contributed by atoms with Gasteiger partial charge in [-0.2, -0.15) is 0 Å². The van der Waals surface area contributed by atoms with Gasteiger partial charge < -0.3 is 0 Å². The van der Waals surface area contributed by atoms with Crippen LogP contribution in [0.4, 0.5) is 0 Å². The molecule has 0 N–H and O–H groups in total. The summed E-state index contributed by atoms with van der Waals surface area (Å²) in [5.41, 5.74) is 1.87. The minimum atomic E-state index is -0.171. The van der Waals surface area contributed by atoms with Gasteiger partial charge in [-0.05, 0) is 35.9 Å². The maximum Gasteiger partial charge on any atom is 0.186 e. The fourth-order valence-electron chi connectivity index (χ4n) is 1.48. The van der Waals surface area contributed by atoms with Crippen LogP contribution in [0.3, 0.4) is 0 Å². The van der Waals surface area contributed by atoms with E-state index in [0.717, 1.165) is 5.56 Å². The van der Waals surface area contributed by atoms with Gasteiger partial charge in [0.2, 0.25) is 0 Å². The van der Waals surface area contributed by atoms with Crippen molar-refractivity contribution in [1.82, 2.24) is 0 Å². The third kappa shape index (κ3) is 1.84. The number of benzene rings is 1. The average Bonchev–Trinajstić information content (AvgIpc) is 2.32. The van der Waals surface area contributed by atoms with Gasteiger partial charge in [-0.15, -0.1) is 6.42 Å². The lowest BCUT2D eigenvalue weighted by Gasteiger charge is -2.06. The van der Waals surface area contributed by atoms with Gasteiger partial charge in [0.15, 0.2) is 11.6 Å². The number of allylic oxidation sites excluding steroid dienone is 4. The summed E-state index contributed by atoms with van der Waals surface area (Å²) >= 11 is 0. The molecule has 1 aliphatic rings. The molecule has 2 rings (SSSR count). The first-order valence-electron chi connectivity index (χ1n) is 4.76. The minimum absolute atomic E-state index is 0.159. The molecule has 0 amide bonds. The van der Waals surface area contributed by atoms with E-state index in [2.05, 4.69) is 5.92 Å². The van der Waals surface area contributed by atoms with Gasteiger partial charge >= 0.3 is 0 Å². The van der Waals surface area contributed by atoms with E-state index in [1.165, 1.54) is 18.2 Å². The molecular formula is C14H8O2. The Bertz CT molecular complexity index is 551. The lowest BCUT2D eigenvalue weighted by Crippen LogP contribution is -2.06. The number of hydrogen-bond acceptors (Lipinski definition) is 2. The summed E-state index contributed by atoms with van der Waals surface area (Å²) in [6, 6.07) is 6.97. The van der Waals surface area contributed by atoms with E-state index in [1.807, 2.05) is 0 Å². The highest BCUT2D eigenvalue weighted by Crippen LogP contribution is 2.19. The number of carbonyl (C=O) groups excluding carboxylic acids is 2. The van der Waals surface area contributed by atoms with Crippen molar-refractivity contribution in [3.05, 3.63) is 53.6 Å². The molecule has 16 heavy (non-hydrogen) atoms. The molecule has 2 heteroatoms. The highest BCUT2D eigenvalue weighted by atomic mass is 16.1. The number of hydrogen-bond donors (Lipinski definition) is 0. The zero-order valence-electron chi connectivity index (χ0n) is 8.44. The number of carbonyl (C=O) groups is 2. The van der Waals surface area contributed by atoms with Gasteiger partial charge in [-0.3, -0.25) is 9.59 Å². The normalized spacial score (nSPS) is 14.6. The van der Waals surface area contributed by atoms with Gasteiger partial charge in [-0.25, -0.2) is 0 Å². The highest BCUT2D eigenvalue weighted by Gasteiger charge is 2.14. The van der Waals surface area contributed by atoms with Gasteiger partial charge in [0.25, 0.3) is 0 Å². The van der Waals surface area contributed by atoms with E-state index >= 15 is 0 Å².